The van der Waals surface area contributed by atoms with Crippen LogP contribution in [-0.4, -0.2) is 40.3 Å². The van der Waals surface area contributed by atoms with Crippen LogP contribution in [0, 0.1) is 5.92 Å². The van der Waals surface area contributed by atoms with Gasteiger partial charge in [-0.3, -0.25) is 0 Å². The quantitative estimate of drug-likeness (QED) is 0.607. The lowest BCUT2D eigenvalue weighted by Gasteiger charge is -2.33. The van der Waals surface area contributed by atoms with Crippen LogP contribution in [0.5, 0.6) is 0 Å². The van der Waals surface area contributed by atoms with Crippen LogP contribution in [0.3, 0.4) is 0 Å². The van der Waals surface area contributed by atoms with E-state index in [1.807, 2.05) is 24.3 Å². The highest BCUT2D eigenvalue weighted by Crippen LogP contribution is 2.37. The topological polar surface area (TPSA) is 59.7 Å². The average Bonchev–Trinajstić information content (AvgIpc) is 3.13. The van der Waals surface area contributed by atoms with E-state index in [1.54, 1.807) is 17.6 Å². The lowest BCUT2D eigenvalue weighted by atomic mass is 9.98. The number of esters is 1. The molecule has 0 bridgehead atoms. The molecule has 0 spiro atoms. The number of aromatic nitrogens is 3. The summed E-state index contributed by atoms with van der Waals surface area (Å²) in [5, 5.41) is 5.16. The average molecular weight is 399 g/mol. The molecule has 1 saturated heterocycles. The van der Waals surface area contributed by atoms with Gasteiger partial charge in [0.15, 0.2) is 5.65 Å². The Morgan fingerprint density at radius 3 is 2.68 bits per heavy atom. The van der Waals surface area contributed by atoms with Gasteiger partial charge in [0, 0.05) is 35.4 Å². The normalized spacial score (nSPS) is 15.2. The molecule has 0 unspecified atom stereocenters. The van der Waals surface area contributed by atoms with Crippen molar-refractivity contribution < 1.29 is 9.53 Å². The number of hydrogen-bond donors (Lipinski definition) is 0. The maximum absolute atomic E-state index is 12.3. The van der Waals surface area contributed by atoms with Gasteiger partial charge in [-0.25, -0.2) is 9.78 Å². The lowest BCUT2D eigenvalue weighted by Crippen LogP contribution is -2.34. The predicted molar refractivity (Wildman–Crippen MR) is 110 cm³/mol. The van der Waals surface area contributed by atoms with Gasteiger partial charge in [0.1, 0.15) is 11.4 Å². The molecule has 1 aliphatic heterocycles. The molecule has 146 valence electrons. The van der Waals surface area contributed by atoms with E-state index in [1.165, 1.54) is 6.20 Å². The van der Waals surface area contributed by atoms with E-state index < -0.39 is 5.97 Å². The van der Waals surface area contributed by atoms with Crippen LogP contribution in [0.15, 0.2) is 36.7 Å². The zero-order chi connectivity index (χ0) is 19.7. The molecule has 2 aromatic heterocycles. The van der Waals surface area contributed by atoms with Gasteiger partial charge in [0.25, 0.3) is 0 Å². The van der Waals surface area contributed by atoms with Crippen molar-refractivity contribution in [1.29, 1.82) is 0 Å². The highest BCUT2D eigenvalue weighted by atomic mass is 35.5. The van der Waals surface area contributed by atoms with Crippen molar-refractivity contribution in [2.75, 3.05) is 24.6 Å². The van der Waals surface area contributed by atoms with Crippen molar-refractivity contribution in [2.24, 2.45) is 5.92 Å². The number of piperidine rings is 1. The van der Waals surface area contributed by atoms with E-state index in [2.05, 4.69) is 21.9 Å². The molecular formula is C21H23ClN4O2. The van der Waals surface area contributed by atoms with Crippen LogP contribution in [0.2, 0.25) is 5.02 Å². The monoisotopic (exact) mass is 398 g/mol. The highest BCUT2D eigenvalue weighted by Gasteiger charge is 2.25. The molecule has 1 fully saturated rings. The number of carbonyl (C=O) groups excluding carboxylic acids is 1. The Labute approximate surface area is 169 Å². The minimum atomic E-state index is -0.409. The van der Waals surface area contributed by atoms with Crippen molar-refractivity contribution in [3.63, 3.8) is 0 Å². The molecule has 28 heavy (non-hydrogen) atoms. The summed E-state index contributed by atoms with van der Waals surface area (Å²) in [4.78, 5) is 19.2. The molecule has 0 N–H and O–H groups in total. The molecule has 1 aromatic carbocycles. The maximum atomic E-state index is 12.3. The Balaban J connectivity index is 1.90. The van der Waals surface area contributed by atoms with E-state index in [0.29, 0.717) is 28.8 Å². The van der Waals surface area contributed by atoms with Gasteiger partial charge in [-0.15, -0.1) is 0 Å². The van der Waals surface area contributed by atoms with Crippen LogP contribution < -0.4 is 4.90 Å². The van der Waals surface area contributed by atoms with Crippen molar-refractivity contribution in [3.8, 4) is 11.1 Å². The Bertz CT molecular complexity index is 1010. The minimum absolute atomic E-state index is 0.310. The van der Waals surface area contributed by atoms with E-state index >= 15 is 0 Å². The summed E-state index contributed by atoms with van der Waals surface area (Å²) >= 11 is 6.49. The number of nitrogens with zero attached hydrogens (tertiary/aromatic N) is 4. The van der Waals surface area contributed by atoms with E-state index in [9.17, 15) is 4.79 Å². The second-order valence-corrected chi connectivity index (χ2v) is 7.57. The lowest BCUT2D eigenvalue weighted by molar-refractivity contribution is 0.0528. The molecule has 4 rings (SSSR count). The van der Waals surface area contributed by atoms with Crippen molar-refractivity contribution in [1.82, 2.24) is 14.6 Å². The summed E-state index contributed by atoms with van der Waals surface area (Å²) in [6, 6.07) is 7.72. The second-order valence-electron chi connectivity index (χ2n) is 7.16. The first-order valence-corrected chi connectivity index (χ1v) is 10.0. The second kappa shape index (κ2) is 7.80. The van der Waals surface area contributed by atoms with E-state index in [-0.39, 0.29) is 0 Å². The van der Waals surface area contributed by atoms with Crippen molar-refractivity contribution in [2.45, 2.75) is 26.7 Å². The summed E-state index contributed by atoms with van der Waals surface area (Å²) in [5.41, 5.74) is 2.69. The number of ether oxygens (including phenoxy) is 1. The Morgan fingerprint density at radius 2 is 1.96 bits per heavy atom. The first-order chi connectivity index (χ1) is 13.6. The van der Waals surface area contributed by atoms with E-state index in [0.717, 1.165) is 42.9 Å². The van der Waals surface area contributed by atoms with Crippen LogP contribution in [0.25, 0.3) is 16.8 Å². The highest BCUT2D eigenvalue weighted by molar-refractivity contribution is 6.33. The summed E-state index contributed by atoms with van der Waals surface area (Å²) < 4.78 is 6.91. The first kappa shape index (κ1) is 18.7. The molecule has 0 atom stereocenters. The third-order valence-corrected chi connectivity index (χ3v) is 5.57. The SMILES string of the molecule is CCOC(=O)c1cnn2c(N3CCC(C)CC3)c(-c3ccccc3Cl)cnc12. The molecule has 0 radical (unpaired) electrons. The van der Waals surface area contributed by atoms with Gasteiger partial charge >= 0.3 is 5.97 Å². The number of hydrogen-bond acceptors (Lipinski definition) is 5. The summed E-state index contributed by atoms with van der Waals surface area (Å²) in [5.74, 6) is 1.21. The third-order valence-electron chi connectivity index (χ3n) is 5.24. The molecule has 1 aliphatic rings. The number of anilines is 1. The van der Waals surface area contributed by atoms with Crippen LogP contribution in [-0.2, 0) is 4.74 Å². The standard InChI is InChI=1S/C21H23ClN4O2/c1-3-28-21(27)17-13-24-26-19(17)23-12-16(15-6-4-5-7-18(15)22)20(26)25-10-8-14(2)9-11-25/h4-7,12-14H,3,8-11H2,1-2H3. The molecule has 3 heterocycles. The predicted octanol–water partition coefficient (Wildman–Crippen LogP) is 4.46. The van der Waals surface area contributed by atoms with E-state index in [4.69, 9.17) is 16.3 Å². The number of benzene rings is 1. The molecule has 3 aromatic rings. The summed E-state index contributed by atoms with van der Waals surface area (Å²) in [7, 11) is 0. The molecule has 0 amide bonds. The minimum Gasteiger partial charge on any atom is -0.462 e. The van der Waals surface area contributed by atoms with Crippen molar-refractivity contribution >= 4 is 29.0 Å². The van der Waals surface area contributed by atoms with Gasteiger partial charge in [0.05, 0.1) is 12.8 Å². The van der Waals surface area contributed by atoms with Gasteiger partial charge in [-0.2, -0.15) is 9.61 Å². The van der Waals surface area contributed by atoms with Gasteiger partial charge in [-0.1, -0.05) is 36.7 Å². The van der Waals surface area contributed by atoms with Crippen LogP contribution in [0.4, 0.5) is 5.82 Å². The fourth-order valence-electron chi connectivity index (χ4n) is 3.67. The Hall–Kier alpha value is -2.60. The largest absolute Gasteiger partial charge is 0.462 e. The number of rotatable bonds is 4. The van der Waals surface area contributed by atoms with Gasteiger partial charge in [0.2, 0.25) is 0 Å². The molecular weight excluding hydrogens is 376 g/mol. The first-order valence-electron chi connectivity index (χ1n) is 9.63. The van der Waals surface area contributed by atoms with Crippen LogP contribution >= 0.6 is 11.6 Å². The Kier molecular flexibility index (Phi) is 5.22. The molecule has 6 nitrogen and oxygen atoms in total. The van der Waals surface area contributed by atoms with Gasteiger partial charge < -0.3 is 9.64 Å². The molecule has 0 saturated carbocycles. The fourth-order valence-corrected chi connectivity index (χ4v) is 3.90. The summed E-state index contributed by atoms with van der Waals surface area (Å²) in [6.07, 6.45) is 5.54. The molecule has 7 heteroatoms. The zero-order valence-electron chi connectivity index (χ0n) is 16.1. The Morgan fingerprint density at radius 1 is 1.21 bits per heavy atom. The number of fused-ring (bicyclic) bond motifs is 1. The number of carbonyl (C=O) groups is 1. The number of halogens is 1. The smallest absolute Gasteiger partial charge is 0.343 e. The summed E-state index contributed by atoms with van der Waals surface area (Å²) in [6.45, 7) is 6.22. The third kappa shape index (κ3) is 3.33. The van der Waals surface area contributed by atoms with Crippen molar-refractivity contribution in [3.05, 3.63) is 47.2 Å². The maximum Gasteiger partial charge on any atom is 0.343 e. The molecule has 0 aliphatic carbocycles. The van der Waals surface area contributed by atoms with Crippen LogP contribution in [0.1, 0.15) is 37.0 Å². The zero-order valence-corrected chi connectivity index (χ0v) is 16.8. The fraction of sp³-hybridized carbons (Fsp3) is 0.381. The van der Waals surface area contributed by atoms with Gasteiger partial charge in [-0.05, 0) is 31.7 Å².